The van der Waals surface area contributed by atoms with Crippen molar-refractivity contribution in [2.24, 2.45) is 4.99 Å². The van der Waals surface area contributed by atoms with E-state index in [0.717, 1.165) is 42.5 Å². The Labute approximate surface area is 236 Å². The summed E-state index contributed by atoms with van der Waals surface area (Å²) >= 11 is 8.17. The fraction of sp³-hybridized carbons (Fsp3) is 0.194. The zero-order valence-electron chi connectivity index (χ0n) is 21.4. The maximum atomic E-state index is 13.4. The summed E-state index contributed by atoms with van der Waals surface area (Å²) in [6.45, 7) is 0.174. The normalized spacial score (nSPS) is 12.5. The molecule has 0 radical (unpaired) electrons. The highest BCUT2D eigenvalue weighted by molar-refractivity contribution is 7.16. The summed E-state index contributed by atoms with van der Waals surface area (Å²) in [4.78, 5) is 19.3. The van der Waals surface area contributed by atoms with Crippen LogP contribution in [0.2, 0.25) is 5.02 Å². The van der Waals surface area contributed by atoms with Gasteiger partial charge in [0.1, 0.15) is 11.6 Å². The molecular formula is C31H26ClN3O3S. The van der Waals surface area contributed by atoms with Crippen molar-refractivity contribution in [3.63, 3.8) is 0 Å². The van der Waals surface area contributed by atoms with E-state index >= 15 is 0 Å². The Morgan fingerprint density at radius 3 is 2.69 bits per heavy atom. The molecule has 0 aliphatic heterocycles. The number of ether oxygens (including phenoxy) is 2. The third-order valence-electron chi connectivity index (χ3n) is 6.50. The number of hydrogen-bond acceptors (Lipinski definition) is 6. The number of carbonyl (C=O) groups is 1. The highest BCUT2D eigenvalue weighted by Crippen LogP contribution is 2.41. The van der Waals surface area contributed by atoms with Gasteiger partial charge in [0, 0.05) is 22.3 Å². The Bertz CT molecular complexity index is 1570. The van der Waals surface area contributed by atoms with Crippen LogP contribution in [0, 0.1) is 11.3 Å². The van der Waals surface area contributed by atoms with Crippen molar-refractivity contribution in [2.75, 3.05) is 12.4 Å². The summed E-state index contributed by atoms with van der Waals surface area (Å²) in [6.07, 6.45) is 5.70. The summed E-state index contributed by atoms with van der Waals surface area (Å²) < 4.78 is 11.5. The molecule has 0 spiro atoms. The van der Waals surface area contributed by atoms with Gasteiger partial charge >= 0.3 is 0 Å². The average molecular weight is 556 g/mol. The molecule has 5 rings (SSSR count). The molecule has 1 aliphatic carbocycles. The van der Waals surface area contributed by atoms with Crippen LogP contribution in [0.5, 0.6) is 11.5 Å². The third-order valence-corrected chi connectivity index (χ3v) is 7.98. The number of carbonyl (C=O) groups excluding carboxylic acids is 1. The molecule has 8 heteroatoms. The van der Waals surface area contributed by atoms with Crippen LogP contribution in [-0.2, 0) is 19.4 Å². The number of nitriles is 1. The highest BCUT2D eigenvalue weighted by atomic mass is 35.5. The van der Waals surface area contributed by atoms with Crippen molar-refractivity contribution < 1.29 is 14.3 Å². The average Bonchev–Trinajstić information content (AvgIpc) is 3.34. The van der Waals surface area contributed by atoms with Gasteiger partial charge in [-0.1, -0.05) is 48.0 Å². The molecule has 39 heavy (non-hydrogen) atoms. The number of anilines is 1. The van der Waals surface area contributed by atoms with Crippen molar-refractivity contribution in [3.05, 3.63) is 104 Å². The molecule has 3 aromatic carbocycles. The number of amides is 1. The van der Waals surface area contributed by atoms with Gasteiger partial charge in [-0.25, -0.2) is 4.99 Å². The second-order valence-electron chi connectivity index (χ2n) is 9.06. The highest BCUT2D eigenvalue weighted by Gasteiger charge is 2.25. The molecule has 0 saturated heterocycles. The van der Waals surface area contributed by atoms with Crippen LogP contribution in [0.25, 0.3) is 0 Å². The van der Waals surface area contributed by atoms with Crippen LogP contribution in [0.1, 0.15) is 50.3 Å². The van der Waals surface area contributed by atoms with Gasteiger partial charge in [-0.05, 0) is 67.1 Å². The van der Waals surface area contributed by atoms with E-state index in [1.165, 1.54) is 4.88 Å². The van der Waals surface area contributed by atoms with Crippen LogP contribution >= 0.6 is 22.9 Å². The van der Waals surface area contributed by atoms with Crippen molar-refractivity contribution in [3.8, 4) is 17.6 Å². The largest absolute Gasteiger partial charge is 0.493 e. The van der Waals surface area contributed by atoms with E-state index in [4.69, 9.17) is 26.1 Å². The van der Waals surface area contributed by atoms with Gasteiger partial charge in [-0.15, -0.1) is 11.3 Å². The summed E-state index contributed by atoms with van der Waals surface area (Å²) in [5.74, 6) is 0.689. The van der Waals surface area contributed by atoms with Crippen molar-refractivity contribution in [1.29, 1.82) is 5.26 Å². The summed E-state index contributed by atoms with van der Waals surface area (Å²) in [7, 11) is 1.54. The quantitative estimate of drug-likeness (QED) is 0.225. The number of fused-ring (bicyclic) bond motifs is 1. The first-order valence-corrected chi connectivity index (χ1v) is 13.8. The van der Waals surface area contributed by atoms with Gasteiger partial charge in [-0.3, -0.25) is 4.79 Å². The second kappa shape index (κ2) is 12.2. The minimum atomic E-state index is -0.148. The van der Waals surface area contributed by atoms with E-state index < -0.39 is 0 Å². The van der Waals surface area contributed by atoms with Crippen LogP contribution in [0.15, 0.2) is 71.7 Å². The third kappa shape index (κ3) is 5.98. The zero-order chi connectivity index (χ0) is 27.2. The number of methoxy groups -OCH3 is 1. The van der Waals surface area contributed by atoms with E-state index in [0.29, 0.717) is 38.2 Å². The van der Waals surface area contributed by atoms with Gasteiger partial charge in [0.15, 0.2) is 11.5 Å². The Morgan fingerprint density at radius 2 is 1.90 bits per heavy atom. The smallest absolute Gasteiger partial charge is 0.259 e. The Kier molecular flexibility index (Phi) is 8.26. The minimum Gasteiger partial charge on any atom is -0.493 e. The molecule has 1 amide bonds. The first-order valence-electron chi connectivity index (χ1n) is 12.6. The molecule has 4 aromatic rings. The number of aliphatic imine (C=N–C) groups is 1. The van der Waals surface area contributed by atoms with Crippen molar-refractivity contribution in [1.82, 2.24) is 0 Å². The summed E-state index contributed by atoms with van der Waals surface area (Å²) in [5, 5.41) is 13.4. The maximum absolute atomic E-state index is 13.4. The first-order chi connectivity index (χ1) is 19.1. The van der Waals surface area contributed by atoms with E-state index in [1.54, 1.807) is 42.9 Å². The zero-order valence-corrected chi connectivity index (χ0v) is 22.9. The van der Waals surface area contributed by atoms with Crippen LogP contribution in [0.4, 0.5) is 10.7 Å². The number of para-hydroxylation sites is 1. The number of nitrogens with zero attached hydrogens (tertiary/aromatic N) is 2. The number of thiophene rings is 1. The fourth-order valence-corrected chi connectivity index (χ4v) is 6.09. The van der Waals surface area contributed by atoms with E-state index in [2.05, 4.69) is 11.4 Å². The fourth-order valence-electron chi connectivity index (χ4n) is 4.58. The monoisotopic (exact) mass is 555 g/mol. The molecule has 1 aromatic heterocycles. The topological polar surface area (TPSA) is 83.7 Å². The molecule has 0 bridgehead atoms. The van der Waals surface area contributed by atoms with Crippen LogP contribution < -0.4 is 14.8 Å². The standard InChI is InChI=1S/C31H26ClN3O3S/c1-37-26-16-20(15-25(32)29(26)38-19-22-10-6-5-9-21(22)17-33)18-34-31-28(24-13-7-8-14-27(24)39-31)30(36)35-23-11-3-2-4-12-23/h2-6,9-12,15-16,18H,7-8,13-14,19H2,1H3,(H,35,36). The summed E-state index contributed by atoms with van der Waals surface area (Å²) in [5.41, 5.74) is 4.50. The van der Waals surface area contributed by atoms with Gasteiger partial charge in [0.2, 0.25) is 0 Å². The van der Waals surface area contributed by atoms with E-state index in [9.17, 15) is 10.1 Å². The lowest BCUT2D eigenvalue weighted by molar-refractivity contribution is 0.102. The lowest BCUT2D eigenvalue weighted by Crippen LogP contribution is -2.14. The molecule has 196 valence electrons. The van der Waals surface area contributed by atoms with E-state index in [-0.39, 0.29) is 12.5 Å². The first kappa shape index (κ1) is 26.5. The molecule has 0 fully saturated rings. The molecule has 0 unspecified atom stereocenters. The second-order valence-corrected chi connectivity index (χ2v) is 10.6. The predicted octanol–water partition coefficient (Wildman–Crippen LogP) is 7.74. The number of rotatable bonds is 8. The Morgan fingerprint density at radius 1 is 1.13 bits per heavy atom. The molecule has 1 aliphatic rings. The number of benzene rings is 3. The maximum Gasteiger partial charge on any atom is 0.259 e. The van der Waals surface area contributed by atoms with Gasteiger partial charge in [0.25, 0.3) is 5.91 Å². The molecule has 1 N–H and O–H groups in total. The van der Waals surface area contributed by atoms with Gasteiger partial charge in [-0.2, -0.15) is 5.26 Å². The lowest BCUT2D eigenvalue weighted by Gasteiger charge is -2.14. The lowest BCUT2D eigenvalue weighted by atomic mass is 9.95. The Hall–Kier alpha value is -4.12. The van der Waals surface area contributed by atoms with Crippen molar-refractivity contribution >= 4 is 45.7 Å². The molecule has 6 nitrogen and oxygen atoms in total. The van der Waals surface area contributed by atoms with Crippen LogP contribution in [-0.4, -0.2) is 19.2 Å². The van der Waals surface area contributed by atoms with Gasteiger partial charge < -0.3 is 14.8 Å². The number of hydrogen-bond donors (Lipinski definition) is 1. The molecule has 0 saturated carbocycles. The number of aryl methyl sites for hydroxylation is 1. The summed E-state index contributed by atoms with van der Waals surface area (Å²) in [6, 6.07) is 22.4. The molecule has 0 atom stereocenters. The van der Waals surface area contributed by atoms with Crippen LogP contribution in [0.3, 0.4) is 0 Å². The minimum absolute atomic E-state index is 0.148. The van der Waals surface area contributed by atoms with Gasteiger partial charge in [0.05, 0.1) is 29.3 Å². The molecule has 1 heterocycles. The van der Waals surface area contributed by atoms with E-state index in [1.807, 2.05) is 48.5 Å². The number of nitrogens with one attached hydrogen (secondary N) is 1. The van der Waals surface area contributed by atoms with Crippen molar-refractivity contribution in [2.45, 2.75) is 32.3 Å². The Balaban J connectivity index is 1.41. The molecular weight excluding hydrogens is 530 g/mol. The SMILES string of the molecule is COc1cc(C=Nc2sc3c(c2C(=O)Nc2ccccc2)CCCC3)cc(Cl)c1OCc1ccccc1C#N. The predicted molar refractivity (Wildman–Crippen MR) is 156 cm³/mol. The number of halogens is 1.